The maximum Gasteiger partial charge on any atom is 0.310 e. The summed E-state index contributed by atoms with van der Waals surface area (Å²) >= 11 is 0. The van der Waals surface area contributed by atoms with Gasteiger partial charge in [-0.05, 0) is 49.9 Å². The molecular formula is C20H36O6. The summed E-state index contributed by atoms with van der Waals surface area (Å²) in [5.41, 5.74) is -1.52. The van der Waals surface area contributed by atoms with Gasteiger partial charge < -0.3 is 9.84 Å². The fourth-order valence-corrected chi connectivity index (χ4v) is 4.77. The lowest BCUT2D eigenvalue weighted by Gasteiger charge is -2.36. The number of ether oxygens (including phenoxy) is 1. The molecule has 0 aliphatic heterocycles. The average Bonchev–Trinajstić information content (AvgIpc) is 3.08. The number of aliphatic hydroxyl groups is 1. The topological polar surface area (TPSA) is 85.2 Å². The summed E-state index contributed by atoms with van der Waals surface area (Å²) in [5, 5.41) is 23.0. The second kappa shape index (κ2) is 7.74. The lowest BCUT2D eigenvalue weighted by atomic mass is 9.75. The molecule has 152 valence electrons. The van der Waals surface area contributed by atoms with Crippen LogP contribution in [0.2, 0.25) is 0 Å². The van der Waals surface area contributed by atoms with Gasteiger partial charge >= 0.3 is 5.97 Å². The van der Waals surface area contributed by atoms with Gasteiger partial charge in [0.1, 0.15) is 11.7 Å². The maximum absolute atomic E-state index is 12.9. The van der Waals surface area contributed by atoms with E-state index in [2.05, 4.69) is 25.8 Å². The van der Waals surface area contributed by atoms with Crippen molar-refractivity contribution in [3.63, 3.8) is 0 Å². The van der Waals surface area contributed by atoms with Crippen molar-refractivity contribution in [2.45, 2.75) is 85.5 Å². The Hall–Kier alpha value is -0.690. The third-order valence-electron chi connectivity index (χ3n) is 6.70. The summed E-state index contributed by atoms with van der Waals surface area (Å²) in [7, 11) is 0. The Bertz CT molecular complexity index is 501. The monoisotopic (exact) mass is 372 g/mol. The molecule has 0 spiro atoms. The number of rotatable bonds is 7. The predicted molar refractivity (Wildman–Crippen MR) is 96.9 cm³/mol. The Morgan fingerprint density at radius 3 is 2.38 bits per heavy atom. The molecule has 0 heterocycles. The fraction of sp³-hybridized carbons (Fsp3) is 0.950. The Balaban J connectivity index is 2.07. The number of aliphatic hydroxyl groups excluding tert-OH is 1. The Kier molecular flexibility index (Phi) is 6.43. The summed E-state index contributed by atoms with van der Waals surface area (Å²) < 4.78 is 5.98. The van der Waals surface area contributed by atoms with E-state index in [0.29, 0.717) is 17.8 Å². The molecule has 2 N–H and O–H groups in total. The molecule has 0 bridgehead atoms. The molecule has 0 aromatic carbocycles. The molecule has 2 aliphatic rings. The molecule has 2 fully saturated rings. The molecule has 0 saturated heterocycles. The summed E-state index contributed by atoms with van der Waals surface area (Å²) in [6.07, 6.45) is 2.16. The highest BCUT2D eigenvalue weighted by molar-refractivity contribution is 5.78. The number of hydrogen-bond donors (Lipinski definition) is 2. The highest BCUT2D eigenvalue weighted by Crippen LogP contribution is 2.62. The van der Waals surface area contributed by atoms with E-state index >= 15 is 0 Å². The highest BCUT2D eigenvalue weighted by atomic mass is 17.5. The second-order valence-corrected chi connectivity index (χ2v) is 9.83. The van der Waals surface area contributed by atoms with Crippen LogP contribution in [0.25, 0.3) is 0 Å². The summed E-state index contributed by atoms with van der Waals surface area (Å²) in [5.74, 6) is 0.503. The maximum atomic E-state index is 12.9. The molecule has 6 nitrogen and oxygen atoms in total. The lowest BCUT2D eigenvalue weighted by Crippen LogP contribution is -2.42. The molecule has 6 unspecified atom stereocenters. The van der Waals surface area contributed by atoms with E-state index in [-0.39, 0.29) is 29.3 Å². The smallest absolute Gasteiger partial charge is 0.310 e. The number of esters is 1. The van der Waals surface area contributed by atoms with E-state index in [1.807, 2.05) is 13.8 Å². The van der Waals surface area contributed by atoms with Crippen LogP contribution < -0.4 is 0 Å². The van der Waals surface area contributed by atoms with Gasteiger partial charge in [-0.25, -0.2) is 5.26 Å². The van der Waals surface area contributed by atoms with Crippen molar-refractivity contribution < 1.29 is 29.8 Å². The molecule has 0 aromatic heterocycles. The van der Waals surface area contributed by atoms with Gasteiger partial charge in [0.25, 0.3) is 0 Å². The van der Waals surface area contributed by atoms with Crippen LogP contribution >= 0.6 is 0 Å². The highest BCUT2D eigenvalue weighted by Gasteiger charge is 2.68. The molecule has 0 aromatic rings. The Morgan fingerprint density at radius 2 is 1.85 bits per heavy atom. The number of carbonyl (C=O) groups is 1. The molecule has 0 amide bonds. The molecule has 6 atom stereocenters. The minimum absolute atomic E-state index is 0.0505. The summed E-state index contributed by atoms with van der Waals surface area (Å²) in [4.78, 5) is 17.7. The zero-order valence-corrected chi connectivity index (χ0v) is 17.2. The van der Waals surface area contributed by atoms with Gasteiger partial charge in [-0.3, -0.25) is 4.79 Å². The van der Waals surface area contributed by atoms with Crippen molar-refractivity contribution in [1.29, 1.82) is 0 Å². The average molecular weight is 373 g/mol. The van der Waals surface area contributed by atoms with Crippen LogP contribution in [0.15, 0.2) is 0 Å². The standard InChI is InChI=1S/C20H36O6/c1-11(2)13-9-8-12(3)10-14(13)24-18(22)16-15(19(16,4)5)17(21)20(6,7)25-26-23/h11-17,21,23H,8-10H2,1-7H3. The Labute approximate surface area is 157 Å². The normalized spacial score (nSPS) is 35.2. The van der Waals surface area contributed by atoms with Gasteiger partial charge in [-0.1, -0.05) is 46.1 Å². The third kappa shape index (κ3) is 4.24. The number of carbonyl (C=O) groups excluding carboxylic acids is 1. The van der Waals surface area contributed by atoms with Crippen LogP contribution in [-0.2, 0) is 19.5 Å². The largest absolute Gasteiger partial charge is 0.462 e. The number of hydrogen-bond acceptors (Lipinski definition) is 6. The van der Waals surface area contributed by atoms with Gasteiger partial charge in [-0.15, -0.1) is 0 Å². The van der Waals surface area contributed by atoms with Crippen molar-refractivity contribution >= 4 is 5.97 Å². The first-order valence-electron chi connectivity index (χ1n) is 9.81. The van der Waals surface area contributed by atoms with Crippen molar-refractivity contribution in [1.82, 2.24) is 0 Å². The predicted octanol–water partition coefficient (Wildman–Crippen LogP) is 3.82. The van der Waals surface area contributed by atoms with E-state index in [1.165, 1.54) is 6.42 Å². The molecule has 26 heavy (non-hydrogen) atoms. The van der Waals surface area contributed by atoms with Crippen LogP contribution in [-0.4, -0.2) is 34.1 Å². The fourth-order valence-electron chi connectivity index (χ4n) is 4.77. The third-order valence-corrected chi connectivity index (χ3v) is 6.70. The van der Waals surface area contributed by atoms with E-state index < -0.39 is 11.7 Å². The quantitative estimate of drug-likeness (QED) is 0.401. The summed E-state index contributed by atoms with van der Waals surface area (Å²) in [6, 6.07) is 0. The molecule has 6 heteroatoms. The van der Waals surface area contributed by atoms with Gasteiger partial charge in [0.15, 0.2) is 0 Å². The van der Waals surface area contributed by atoms with Gasteiger partial charge in [0.2, 0.25) is 0 Å². The molecule has 0 radical (unpaired) electrons. The molecule has 2 saturated carbocycles. The SMILES string of the molecule is CC1CCC(C(C)C)C(OC(=O)C2C(C(O)C(C)(C)OOO)C2(C)C)C1. The van der Waals surface area contributed by atoms with Crippen molar-refractivity contribution in [2.75, 3.05) is 0 Å². The summed E-state index contributed by atoms with van der Waals surface area (Å²) in [6.45, 7) is 13.7. The minimum atomic E-state index is -1.13. The van der Waals surface area contributed by atoms with Gasteiger partial charge in [0, 0.05) is 5.92 Å². The van der Waals surface area contributed by atoms with Crippen LogP contribution in [0.1, 0.15) is 67.7 Å². The van der Waals surface area contributed by atoms with Crippen molar-refractivity contribution in [3.05, 3.63) is 0 Å². The first-order chi connectivity index (χ1) is 11.9. The first kappa shape index (κ1) is 21.6. The van der Waals surface area contributed by atoms with Gasteiger partial charge in [-0.2, -0.15) is 4.89 Å². The minimum Gasteiger partial charge on any atom is -0.462 e. The Morgan fingerprint density at radius 1 is 1.23 bits per heavy atom. The van der Waals surface area contributed by atoms with E-state index in [4.69, 9.17) is 14.9 Å². The molecular weight excluding hydrogens is 336 g/mol. The van der Waals surface area contributed by atoms with Crippen molar-refractivity contribution in [3.8, 4) is 0 Å². The van der Waals surface area contributed by atoms with Gasteiger partial charge in [0.05, 0.1) is 12.0 Å². The zero-order valence-electron chi connectivity index (χ0n) is 17.2. The van der Waals surface area contributed by atoms with Crippen LogP contribution in [0.4, 0.5) is 0 Å². The van der Waals surface area contributed by atoms with Crippen LogP contribution in [0.3, 0.4) is 0 Å². The first-order valence-corrected chi connectivity index (χ1v) is 9.81. The molecule has 2 rings (SSSR count). The molecule has 2 aliphatic carbocycles. The van der Waals surface area contributed by atoms with E-state index in [0.717, 1.165) is 12.8 Å². The zero-order chi connectivity index (χ0) is 19.9. The second-order valence-electron chi connectivity index (χ2n) is 9.83. The van der Waals surface area contributed by atoms with Crippen molar-refractivity contribution in [2.24, 2.45) is 35.0 Å². The lowest BCUT2D eigenvalue weighted by molar-refractivity contribution is -0.528. The van der Waals surface area contributed by atoms with Crippen LogP contribution in [0, 0.1) is 35.0 Å². The van der Waals surface area contributed by atoms with E-state index in [1.54, 1.807) is 13.8 Å². The van der Waals surface area contributed by atoms with E-state index in [9.17, 15) is 9.90 Å². The van der Waals surface area contributed by atoms with Crippen LogP contribution in [0.5, 0.6) is 0 Å².